The SMILES string of the molecule is O=C(O)c1ccnc(-c2cc3cccc(Br)c3[nH]2)c1. The third-order valence-corrected chi connectivity index (χ3v) is 3.55. The second-order valence-corrected chi connectivity index (χ2v) is 4.98. The van der Waals surface area contributed by atoms with Crippen LogP contribution in [0.15, 0.2) is 47.1 Å². The Bertz CT molecular complexity index is 780. The van der Waals surface area contributed by atoms with Gasteiger partial charge in [-0.05, 0) is 40.2 Å². The molecule has 1 aromatic carbocycles. The van der Waals surface area contributed by atoms with Crippen LogP contribution in [0.4, 0.5) is 0 Å². The highest BCUT2D eigenvalue weighted by Crippen LogP contribution is 2.28. The molecule has 2 aromatic heterocycles. The Morgan fingerprint density at radius 2 is 2.11 bits per heavy atom. The average Bonchev–Trinajstić information content (AvgIpc) is 2.84. The van der Waals surface area contributed by atoms with Crippen LogP contribution in [-0.2, 0) is 0 Å². The zero-order valence-electron chi connectivity index (χ0n) is 9.72. The number of benzene rings is 1. The molecule has 0 saturated carbocycles. The van der Waals surface area contributed by atoms with Crippen molar-refractivity contribution < 1.29 is 9.90 Å². The second-order valence-electron chi connectivity index (χ2n) is 4.12. The zero-order valence-corrected chi connectivity index (χ0v) is 11.3. The lowest BCUT2D eigenvalue weighted by Gasteiger charge is -1.98. The molecule has 3 rings (SSSR count). The number of halogens is 1. The summed E-state index contributed by atoms with van der Waals surface area (Å²) < 4.78 is 0.964. The summed E-state index contributed by atoms with van der Waals surface area (Å²) in [6.07, 6.45) is 1.50. The van der Waals surface area contributed by atoms with E-state index < -0.39 is 5.97 Å². The van der Waals surface area contributed by atoms with E-state index in [0.29, 0.717) is 5.69 Å². The fourth-order valence-electron chi connectivity index (χ4n) is 1.97. The smallest absolute Gasteiger partial charge is 0.335 e. The lowest BCUT2D eigenvalue weighted by molar-refractivity contribution is 0.0697. The zero-order chi connectivity index (χ0) is 13.4. The summed E-state index contributed by atoms with van der Waals surface area (Å²) >= 11 is 3.47. The maximum atomic E-state index is 11.0. The lowest BCUT2D eigenvalue weighted by Crippen LogP contribution is -1.97. The van der Waals surface area contributed by atoms with Crippen molar-refractivity contribution in [2.75, 3.05) is 0 Å². The topological polar surface area (TPSA) is 66.0 Å². The van der Waals surface area contributed by atoms with E-state index in [1.165, 1.54) is 12.3 Å². The largest absolute Gasteiger partial charge is 0.478 e. The molecule has 0 bridgehead atoms. The number of hydrogen-bond donors (Lipinski definition) is 2. The van der Waals surface area contributed by atoms with Gasteiger partial charge >= 0.3 is 5.97 Å². The number of carbonyl (C=O) groups is 1. The normalized spacial score (nSPS) is 10.8. The number of fused-ring (bicyclic) bond motifs is 1. The Morgan fingerprint density at radius 3 is 2.84 bits per heavy atom. The van der Waals surface area contributed by atoms with E-state index in [1.807, 2.05) is 24.3 Å². The first-order chi connectivity index (χ1) is 9.15. The summed E-state index contributed by atoms with van der Waals surface area (Å²) in [5.41, 5.74) is 2.61. The number of hydrogen-bond acceptors (Lipinski definition) is 2. The second kappa shape index (κ2) is 4.51. The molecule has 0 atom stereocenters. The molecular weight excluding hydrogens is 308 g/mol. The summed E-state index contributed by atoms with van der Waals surface area (Å²) in [7, 11) is 0. The van der Waals surface area contributed by atoms with Gasteiger partial charge in [-0.1, -0.05) is 12.1 Å². The monoisotopic (exact) mass is 316 g/mol. The Hall–Kier alpha value is -2.14. The third kappa shape index (κ3) is 2.13. The Morgan fingerprint density at radius 1 is 1.26 bits per heavy atom. The van der Waals surface area contributed by atoms with Gasteiger partial charge < -0.3 is 10.1 Å². The van der Waals surface area contributed by atoms with Crippen LogP contribution >= 0.6 is 15.9 Å². The lowest BCUT2D eigenvalue weighted by atomic mass is 10.2. The minimum absolute atomic E-state index is 0.225. The number of pyridine rings is 1. The van der Waals surface area contributed by atoms with Gasteiger partial charge in [0.2, 0.25) is 0 Å². The van der Waals surface area contributed by atoms with Gasteiger partial charge in [0.1, 0.15) is 0 Å². The van der Waals surface area contributed by atoms with Gasteiger partial charge in [-0.2, -0.15) is 0 Å². The minimum atomic E-state index is -0.957. The number of carboxylic acid groups (broad SMARTS) is 1. The molecule has 0 aliphatic rings. The number of H-pyrrole nitrogens is 1. The first kappa shape index (κ1) is 11.9. The van der Waals surface area contributed by atoms with Crippen molar-refractivity contribution >= 4 is 32.8 Å². The number of carboxylic acids is 1. The number of nitrogens with zero attached hydrogens (tertiary/aromatic N) is 1. The van der Waals surface area contributed by atoms with Crippen LogP contribution in [0.2, 0.25) is 0 Å². The number of aromatic carboxylic acids is 1. The van der Waals surface area contributed by atoms with E-state index in [9.17, 15) is 4.79 Å². The summed E-state index contributed by atoms with van der Waals surface area (Å²) in [5.74, 6) is -0.957. The third-order valence-electron chi connectivity index (χ3n) is 2.89. The van der Waals surface area contributed by atoms with E-state index in [-0.39, 0.29) is 5.56 Å². The van der Waals surface area contributed by atoms with Crippen molar-refractivity contribution in [3.8, 4) is 11.4 Å². The fourth-order valence-corrected chi connectivity index (χ4v) is 2.45. The standard InChI is InChI=1S/C14H9BrN2O2/c15-10-3-1-2-8-6-12(17-13(8)10)11-7-9(14(18)19)4-5-16-11/h1-7,17H,(H,18,19). The maximum absolute atomic E-state index is 11.0. The Kier molecular flexibility index (Phi) is 2.83. The van der Waals surface area contributed by atoms with Crippen molar-refractivity contribution in [3.05, 3.63) is 52.6 Å². The molecular formula is C14H9BrN2O2. The van der Waals surface area contributed by atoms with Crippen LogP contribution in [0.1, 0.15) is 10.4 Å². The predicted octanol–water partition coefficient (Wildman–Crippen LogP) is 3.69. The highest BCUT2D eigenvalue weighted by Gasteiger charge is 2.09. The molecule has 4 nitrogen and oxygen atoms in total. The van der Waals surface area contributed by atoms with E-state index in [2.05, 4.69) is 25.9 Å². The van der Waals surface area contributed by atoms with Crippen LogP contribution in [-0.4, -0.2) is 21.0 Å². The van der Waals surface area contributed by atoms with E-state index >= 15 is 0 Å². The molecule has 0 aliphatic carbocycles. The summed E-state index contributed by atoms with van der Waals surface area (Å²) in [6, 6.07) is 10.9. The van der Waals surface area contributed by atoms with E-state index in [0.717, 1.165) is 21.1 Å². The quantitative estimate of drug-likeness (QED) is 0.757. The molecule has 2 N–H and O–H groups in total. The van der Waals surface area contributed by atoms with Gasteiger partial charge in [-0.25, -0.2) is 4.79 Å². The first-order valence-electron chi connectivity index (χ1n) is 5.62. The molecule has 5 heteroatoms. The molecule has 0 aliphatic heterocycles. The minimum Gasteiger partial charge on any atom is -0.478 e. The Balaban J connectivity index is 2.16. The van der Waals surface area contributed by atoms with Gasteiger partial charge in [0.15, 0.2) is 0 Å². The van der Waals surface area contributed by atoms with Crippen LogP contribution < -0.4 is 0 Å². The molecule has 0 spiro atoms. The van der Waals surface area contributed by atoms with Gasteiger partial charge in [-0.15, -0.1) is 0 Å². The molecule has 0 unspecified atom stereocenters. The Labute approximate surface area is 117 Å². The average molecular weight is 317 g/mol. The number of para-hydroxylation sites is 1. The molecule has 0 amide bonds. The molecule has 3 aromatic rings. The van der Waals surface area contributed by atoms with Crippen molar-refractivity contribution in [2.45, 2.75) is 0 Å². The summed E-state index contributed by atoms with van der Waals surface area (Å²) in [5, 5.41) is 10.0. The van der Waals surface area contributed by atoms with Gasteiger partial charge in [0, 0.05) is 16.1 Å². The van der Waals surface area contributed by atoms with Crippen molar-refractivity contribution in [3.63, 3.8) is 0 Å². The number of aromatic nitrogens is 2. The molecule has 0 radical (unpaired) electrons. The fraction of sp³-hybridized carbons (Fsp3) is 0. The number of aromatic amines is 1. The molecule has 2 heterocycles. The molecule has 0 saturated heterocycles. The summed E-state index contributed by atoms with van der Waals surface area (Å²) in [4.78, 5) is 18.4. The van der Waals surface area contributed by atoms with Crippen LogP contribution in [0, 0.1) is 0 Å². The highest BCUT2D eigenvalue weighted by molar-refractivity contribution is 9.10. The predicted molar refractivity (Wildman–Crippen MR) is 76.2 cm³/mol. The van der Waals surface area contributed by atoms with Crippen molar-refractivity contribution in [2.24, 2.45) is 0 Å². The molecule has 0 fully saturated rings. The van der Waals surface area contributed by atoms with Crippen LogP contribution in [0.25, 0.3) is 22.3 Å². The van der Waals surface area contributed by atoms with Gasteiger partial charge in [0.05, 0.1) is 22.5 Å². The van der Waals surface area contributed by atoms with Gasteiger partial charge in [0.25, 0.3) is 0 Å². The van der Waals surface area contributed by atoms with Crippen molar-refractivity contribution in [1.82, 2.24) is 9.97 Å². The van der Waals surface area contributed by atoms with Crippen LogP contribution in [0.5, 0.6) is 0 Å². The molecule has 19 heavy (non-hydrogen) atoms. The first-order valence-corrected chi connectivity index (χ1v) is 6.41. The van der Waals surface area contributed by atoms with E-state index in [1.54, 1.807) is 6.07 Å². The van der Waals surface area contributed by atoms with Gasteiger partial charge in [-0.3, -0.25) is 4.98 Å². The highest BCUT2D eigenvalue weighted by atomic mass is 79.9. The van der Waals surface area contributed by atoms with Crippen LogP contribution in [0.3, 0.4) is 0 Å². The number of rotatable bonds is 2. The number of nitrogens with one attached hydrogen (secondary N) is 1. The molecule has 94 valence electrons. The maximum Gasteiger partial charge on any atom is 0.335 e. The summed E-state index contributed by atoms with van der Waals surface area (Å²) in [6.45, 7) is 0. The van der Waals surface area contributed by atoms with E-state index in [4.69, 9.17) is 5.11 Å². The van der Waals surface area contributed by atoms with Crippen molar-refractivity contribution in [1.29, 1.82) is 0 Å².